The molecule has 1 aliphatic heterocycles. The molecule has 162 valence electrons. The number of carbonyl (C=O) groups excluding carboxylic acids is 1. The van der Waals surface area contributed by atoms with E-state index in [1.54, 1.807) is 10.4 Å². The van der Waals surface area contributed by atoms with E-state index < -0.39 is 11.7 Å². The van der Waals surface area contributed by atoms with Crippen molar-refractivity contribution in [2.75, 3.05) is 44.0 Å². The zero-order valence-electron chi connectivity index (χ0n) is 16.6. The van der Waals surface area contributed by atoms with Crippen LogP contribution in [0.1, 0.15) is 34.7 Å². The first-order chi connectivity index (χ1) is 14.3. The lowest BCUT2D eigenvalue weighted by Gasteiger charge is -2.23. The molecule has 0 bridgehead atoms. The summed E-state index contributed by atoms with van der Waals surface area (Å²) in [6, 6.07) is 8.26. The molecule has 1 saturated heterocycles. The summed E-state index contributed by atoms with van der Waals surface area (Å²) in [6.45, 7) is 2.57. The van der Waals surface area contributed by atoms with Crippen molar-refractivity contribution in [2.24, 2.45) is 0 Å². The number of hydrogen-bond acceptors (Lipinski definition) is 5. The first-order valence-electron chi connectivity index (χ1n) is 9.66. The molecular formula is C21H24Cl2FN3O2S. The van der Waals surface area contributed by atoms with Crippen molar-refractivity contribution in [3.63, 3.8) is 0 Å². The molecule has 5 nitrogen and oxygen atoms in total. The molecule has 1 amide bonds. The lowest BCUT2D eigenvalue weighted by molar-refractivity contribution is 0.0853. The van der Waals surface area contributed by atoms with E-state index in [1.807, 2.05) is 19.2 Å². The van der Waals surface area contributed by atoms with Crippen molar-refractivity contribution >= 4 is 53.3 Å². The number of hydrogen-bond donors (Lipinski definition) is 3. The Bertz CT molecular complexity index is 908. The van der Waals surface area contributed by atoms with Gasteiger partial charge in [0.2, 0.25) is 0 Å². The summed E-state index contributed by atoms with van der Waals surface area (Å²) in [5, 5.41) is 6.16. The summed E-state index contributed by atoms with van der Waals surface area (Å²) < 4.78 is 21.4. The van der Waals surface area contributed by atoms with Gasteiger partial charge in [-0.1, -0.05) is 36.0 Å². The minimum atomic E-state index is -0.667. The summed E-state index contributed by atoms with van der Waals surface area (Å²) >= 11 is 16.5. The maximum Gasteiger partial charge on any atom is 0.257 e. The van der Waals surface area contributed by atoms with Gasteiger partial charge in [-0.05, 0) is 61.7 Å². The van der Waals surface area contributed by atoms with Crippen molar-refractivity contribution in [3.05, 3.63) is 57.3 Å². The largest absolute Gasteiger partial charge is 0.384 e. The molecule has 3 rings (SSSR count). The van der Waals surface area contributed by atoms with Crippen molar-refractivity contribution in [2.45, 2.75) is 18.8 Å². The normalized spacial score (nSPS) is 14.7. The van der Waals surface area contributed by atoms with E-state index in [0.29, 0.717) is 48.6 Å². The van der Waals surface area contributed by atoms with Gasteiger partial charge in [-0.2, -0.15) is 0 Å². The quantitative estimate of drug-likeness (QED) is 0.468. The Labute approximate surface area is 191 Å². The molecule has 0 aliphatic carbocycles. The Morgan fingerprint density at radius 1 is 1.20 bits per heavy atom. The lowest BCUT2D eigenvalue weighted by atomic mass is 9.91. The number of nitrogens with one attached hydrogen (secondary N) is 2. The van der Waals surface area contributed by atoms with Crippen LogP contribution in [0.4, 0.5) is 15.8 Å². The number of carbonyl (C=O) groups is 1. The van der Waals surface area contributed by atoms with Gasteiger partial charge in [0, 0.05) is 42.7 Å². The smallest absolute Gasteiger partial charge is 0.257 e. The molecule has 1 heterocycles. The van der Waals surface area contributed by atoms with E-state index in [4.69, 9.17) is 27.9 Å². The molecule has 2 aromatic rings. The Balaban J connectivity index is 1.78. The SMILES string of the molecule is CN(S)CCNc1cc(F)c(Cl)c(C(=O)Nc2cc(Cl)cc(C3CCOCC3)c2)c1. The third kappa shape index (κ3) is 6.25. The van der Waals surface area contributed by atoms with Crippen molar-refractivity contribution < 1.29 is 13.9 Å². The molecule has 9 heteroatoms. The number of likely N-dealkylation sites (N-methyl/N-ethyl adjacent to an activating group) is 1. The van der Waals surface area contributed by atoms with Crippen LogP contribution >= 0.6 is 36.0 Å². The molecule has 0 radical (unpaired) electrons. The van der Waals surface area contributed by atoms with E-state index in [2.05, 4.69) is 23.4 Å². The molecule has 1 fully saturated rings. The van der Waals surface area contributed by atoms with Gasteiger partial charge < -0.3 is 15.4 Å². The average molecular weight is 472 g/mol. The number of halogens is 3. The molecule has 0 spiro atoms. The van der Waals surface area contributed by atoms with E-state index in [9.17, 15) is 9.18 Å². The number of thiol groups is 1. The van der Waals surface area contributed by atoms with Gasteiger partial charge in [0.25, 0.3) is 5.91 Å². The highest BCUT2D eigenvalue weighted by molar-refractivity contribution is 7.77. The molecule has 30 heavy (non-hydrogen) atoms. The average Bonchev–Trinajstić information content (AvgIpc) is 2.70. The second-order valence-electron chi connectivity index (χ2n) is 7.24. The highest BCUT2D eigenvalue weighted by Crippen LogP contribution is 2.32. The zero-order valence-corrected chi connectivity index (χ0v) is 19.0. The van der Waals surface area contributed by atoms with E-state index >= 15 is 0 Å². The second kappa shape index (κ2) is 10.7. The fraction of sp³-hybridized carbons (Fsp3) is 0.381. The zero-order chi connectivity index (χ0) is 21.7. The fourth-order valence-electron chi connectivity index (χ4n) is 3.37. The Morgan fingerprint density at radius 3 is 2.63 bits per heavy atom. The van der Waals surface area contributed by atoms with Crippen LogP contribution in [0.3, 0.4) is 0 Å². The van der Waals surface area contributed by atoms with Gasteiger partial charge in [-0.15, -0.1) is 0 Å². The van der Waals surface area contributed by atoms with E-state index in [0.717, 1.165) is 18.4 Å². The molecule has 0 aromatic heterocycles. The molecular weight excluding hydrogens is 448 g/mol. The monoisotopic (exact) mass is 471 g/mol. The summed E-state index contributed by atoms with van der Waals surface area (Å²) in [6.07, 6.45) is 1.81. The fourth-order valence-corrected chi connectivity index (χ4v) is 3.91. The summed E-state index contributed by atoms with van der Waals surface area (Å²) in [5.41, 5.74) is 2.10. The van der Waals surface area contributed by atoms with Crippen molar-refractivity contribution in [3.8, 4) is 0 Å². The molecule has 0 saturated carbocycles. The van der Waals surface area contributed by atoms with Crippen LogP contribution in [0.2, 0.25) is 10.0 Å². The Hall–Kier alpha value is -1.51. The topological polar surface area (TPSA) is 53.6 Å². The minimum absolute atomic E-state index is 0.0472. The van der Waals surface area contributed by atoms with Crippen LogP contribution in [0.15, 0.2) is 30.3 Å². The van der Waals surface area contributed by atoms with Crippen molar-refractivity contribution in [1.82, 2.24) is 4.31 Å². The van der Waals surface area contributed by atoms with Gasteiger partial charge in [0.1, 0.15) is 5.82 Å². The third-order valence-electron chi connectivity index (χ3n) is 4.91. The van der Waals surface area contributed by atoms with E-state index in [1.165, 1.54) is 12.1 Å². The highest BCUT2D eigenvalue weighted by Gasteiger charge is 2.19. The summed E-state index contributed by atoms with van der Waals surface area (Å²) in [5.74, 6) is -0.847. The standard InChI is InChI=1S/C21H24Cl2FN3O2S/c1-27(30)5-4-25-16-11-18(20(23)19(24)12-16)21(28)26-17-9-14(8-15(22)10-17)13-2-6-29-7-3-13/h8-13,25,30H,2-7H2,1H3,(H,26,28). The molecule has 2 N–H and O–H groups in total. The Morgan fingerprint density at radius 2 is 1.93 bits per heavy atom. The Kier molecular flexibility index (Phi) is 8.25. The number of nitrogens with zero attached hydrogens (tertiary/aromatic N) is 1. The van der Waals surface area contributed by atoms with Gasteiger partial charge in [-0.25, -0.2) is 4.39 Å². The lowest BCUT2D eigenvalue weighted by Crippen LogP contribution is -2.18. The first-order valence-corrected chi connectivity index (χ1v) is 10.8. The molecule has 0 unspecified atom stereocenters. The van der Waals surface area contributed by atoms with Gasteiger partial charge in [-0.3, -0.25) is 9.10 Å². The minimum Gasteiger partial charge on any atom is -0.384 e. The number of rotatable bonds is 7. The number of ether oxygens (including phenoxy) is 1. The highest BCUT2D eigenvalue weighted by atomic mass is 35.5. The number of anilines is 2. The van der Waals surface area contributed by atoms with Crippen LogP contribution in [0.5, 0.6) is 0 Å². The number of benzene rings is 2. The van der Waals surface area contributed by atoms with Gasteiger partial charge >= 0.3 is 0 Å². The molecule has 1 aliphatic rings. The third-order valence-corrected chi connectivity index (χ3v) is 5.71. The van der Waals surface area contributed by atoms with Crippen LogP contribution in [-0.2, 0) is 4.74 Å². The van der Waals surface area contributed by atoms with Crippen LogP contribution in [0.25, 0.3) is 0 Å². The molecule has 2 aromatic carbocycles. The predicted octanol–water partition coefficient (Wildman–Crippen LogP) is 5.47. The maximum absolute atomic E-state index is 14.3. The number of amides is 1. The van der Waals surface area contributed by atoms with E-state index in [-0.39, 0.29) is 10.6 Å². The maximum atomic E-state index is 14.3. The second-order valence-corrected chi connectivity index (χ2v) is 8.74. The van der Waals surface area contributed by atoms with Gasteiger partial charge in [0.05, 0.1) is 10.6 Å². The summed E-state index contributed by atoms with van der Waals surface area (Å²) in [4.78, 5) is 12.8. The van der Waals surface area contributed by atoms with Gasteiger partial charge in [0.15, 0.2) is 0 Å². The molecule has 0 atom stereocenters. The van der Waals surface area contributed by atoms with Crippen molar-refractivity contribution in [1.29, 1.82) is 0 Å². The summed E-state index contributed by atoms with van der Waals surface area (Å²) in [7, 11) is 1.81. The predicted molar refractivity (Wildman–Crippen MR) is 124 cm³/mol. The first kappa shape index (κ1) is 23.2. The van der Waals surface area contributed by atoms with Crippen LogP contribution < -0.4 is 10.6 Å². The van der Waals surface area contributed by atoms with Crippen LogP contribution in [0, 0.1) is 5.82 Å². The van der Waals surface area contributed by atoms with Crippen LogP contribution in [-0.4, -0.2) is 43.6 Å².